The number of nitrogens with one attached hydrogen (secondary N) is 4. The summed E-state index contributed by atoms with van der Waals surface area (Å²) in [7, 11) is 0. The van der Waals surface area contributed by atoms with E-state index < -0.39 is 12.1 Å². The maximum atomic E-state index is 13.9. The number of pyridine rings is 1. The van der Waals surface area contributed by atoms with Crippen LogP contribution < -0.4 is 16.0 Å². The van der Waals surface area contributed by atoms with Crippen molar-refractivity contribution >= 4 is 45.0 Å². The summed E-state index contributed by atoms with van der Waals surface area (Å²) >= 11 is 1.62. The summed E-state index contributed by atoms with van der Waals surface area (Å²) in [5.41, 5.74) is 9.13. The number of allylic oxidation sites excluding steroid dienone is 1. The highest BCUT2D eigenvalue weighted by Crippen LogP contribution is 2.30. The Balaban J connectivity index is 0.854. The average Bonchev–Trinajstić information content (AvgIpc) is 3.94. The Morgan fingerprint density at radius 3 is 2.52 bits per heavy atom. The van der Waals surface area contributed by atoms with Crippen LogP contribution in [0.4, 0.5) is 0 Å². The van der Waals surface area contributed by atoms with Gasteiger partial charge in [0, 0.05) is 59.5 Å². The van der Waals surface area contributed by atoms with E-state index in [9.17, 15) is 9.59 Å². The van der Waals surface area contributed by atoms with Crippen molar-refractivity contribution in [3.63, 3.8) is 0 Å². The zero-order valence-corrected chi connectivity index (χ0v) is 34.3. The van der Waals surface area contributed by atoms with Crippen molar-refractivity contribution in [2.24, 2.45) is 5.41 Å². The van der Waals surface area contributed by atoms with Gasteiger partial charge >= 0.3 is 0 Å². The molecule has 6 rings (SSSR count). The van der Waals surface area contributed by atoms with E-state index in [0.29, 0.717) is 52.5 Å². The predicted octanol–water partition coefficient (Wildman–Crippen LogP) is 7.09. The molecule has 1 aliphatic heterocycles. The van der Waals surface area contributed by atoms with Gasteiger partial charge in [-0.15, -0.1) is 11.3 Å². The van der Waals surface area contributed by atoms with Crippen LogP contribution in [0.1, 0.15) is 69.8 Å². The second-order valence-electron chi connectivity index (χ2n) is 15.7. The molecule has 0 saturated carbocycles. The smallest absolute Gasteiger partial charge is 0.243 e. The predicted molar refractivity (Wildman–Crippen MR) is 226 cm³/mol. The Kier molecular flexibility index (Phi) is 13.9. The van der Waals surface area contributed by atoms with Crippen molar-refractivity contribution in [2.75, 3.05) is 46.1 Å². The van der Waals surface area contributed by atoms with Crippen molar-refractivity contribution in [1.29, 1.82) is 0 Å². The molecule has 56 heavy (non-hydrogen) atoms. The molecule has 0 spiro atoms. The fourth-order valence-corrected chi connectivity index (χ4v) is 8.17. The second-order valence-corrected chi connectivity index (χ2v) is 16.6. The van der Waals surface area contributed by atoms with E-state index in [-0.39, 0.29) is 23.3 Å². The second kappa shape index (κ2) is 19.0. The van der Waals surface area contributed by atoms with E-state index in [2.05, 4.69) is 79.9 Å². The quantitative estimate of drug-likeness (QED) is 0.0654. The normalized spacial score (nSPS) is 15.7. The van der Waals surface area contributed by atoms with Crippen LogP contribution in [0.5, 0.6) is 0 Å². The molecule has 3 aromatic heterocycles. The number of aromatic amines is 1. The van der Waals surface area contributed by atoms with E-state index in [0.717, 1.165) is 63.1 Å². The minimum Gasteiger partial charge on any atom is -0.386 e. The first-order valence-electron chi connectivity index (χ1n) is 19.8. The molecule has 4 heterocycles. The van der Waals surface area contributed by atoms with E-state index >= 15 is 0 Å². The summed E-state index contributed by atoms with van der Waals surface area (Å²) in [6, 6.07) is 15.7. The van der Waals surface area contributed by atoms with Crippen molar-refractivity contribution in [3.8, 4) is 10.4 Å². The number of aryl methyl sites for hydroxylation is 2. The Hall–Kier alpha value is -4.62. The third-order valence-corrected chi connectivity index (χ3v) is 11.5. The minimum atomic E-state index is -0.491. The number of ether oxygens (including phenoxy) is 2. The van der Waals surface area contributed by atoms with Crippen LogP contribution in [0, 0.1) is 12.3 Å². The molecular weight excluding hydrogens is 723 g/mol. The first kappa shape index (κ1) is 41.0. The Morgan fingerprint density at radius 2 is 1.79 bits per heavy atom. The molecule has 11 nitrogen and oxygen atoms in total. The molecule has 2 aromatic carbocycles. The summed E-state index contributed by atoms with van der Waals surface area (Å²) in [5.74, 6) is -0.156. The number of hydrogen-bond acceptors (Lipinski definition) is 9. The number of rotatable bonds is 19. The number of benzene rings is 2. The van der Waals surface area contributed by atoms with Crippen LogP contribution in [0.3, 0.4) is 0 Å². The number of hydrogen-bond donors (Lipinski definition) is 4. The lowest BCUT2D eigenvalue weighted by atomic mass is 9.85. The highest BCUT2D eigenvalue weighted by molar-refractivity contribution is 7.13. The van der Waals surface area contributed by atoms with Crippen molar-refractivity contribution in [1.82, 2.24) is 35.8 Å². The molecule has 2 amide bonds. The third-order valence-electron chi connectivity index (χ3n) is 10.5. The molecule has 1 fully saturated rings. The van der Waals surface area contributed by atoms with Gasteiger partial charge in [-0.1, -0.05) is 63.7 Å². The molecule has 298 valence electrons. The van der Waals surface area contributed by atoms with Gasteiger partial charge in [0.25, 0.3) is 0 Å². The summed E-state index contributed by atoms with van der Waals surface area (Å²) in [4.78, 5) is 42.5. The number of carbonyl (C=O) groups excluding carboxylic acids is 2. The highest BCUT2D eigenvalue weighted by Gasteiger charge is 2.41. The number of carbonyl (C=O) groups is 2. The van der Waals surface area contributed by atoms with Gasteiger partial charge in [0.1, 0.15) is 6.04 Å². The van der Waals surface area contributed by atoms with Crippen molar-refractivity contribution < 1.29 is 19.1 Å². The Bertz CT molecular complexity index is 2090. The number of nitrogens with zero attached hydrogens (tertiary/aromatic N) is 3. The molecule has 5 aromatic rings. The molecule has 0 aliphatic carbocycles. The molecule has 3 unspecified atom stereocenters. The highest BCUT2D eigenvalue weighted by atomic mass is 32.1. The fourth-order valence-electron chi connectivity index (χ4n) is 7.36. The number of fused-ring (bicyclic) bond motifs is 3. The largest absolute Gasteiger partial charge is 0.386 e. The van der Waals surface area contributed by atoms with Crippen LogP contribution >= 0.6 is 11.3 Å². The van der Waals surface area contributed by atoms with Crippen LogP contribution in [0.15, 0.2) is 78.7 Å². The monoisotopic (exact) mass is 779 g/mol. The average molecular weight is 780 g/mol. The zero-order chi connectivity index (χ0) is 39.7. The summed E-state index contributed by atoms with van der Waals surface area (Å²) in [5, 5.41) is 12.3. The lowest BCUT2D eigenvalue weighted by molar-refractivity contribution is -0.142. The standard InChI is InChI=1S/C44H57N7O4S/c1-29(9-10-32-11-16-35-36-27-45-18-17-37(36)50-38(35)26-32)46-19-22-54-24-25-55-23-20-47-41(44(4,5)6)43(53)51-21-7-8-39(51)42(52)49-30(2)33-12-14-34(15-13-33)40-31(3)48-28-56-40/h11-18,26-28,30,39,41,46-47,50H,1,7-10,19-25H2,2-6H3,(H,49,52). The summed E-state index contributed by atoms with van der Waals surface area (Å²) in [6.07, 6.45) is 6.90. The van der Waals surface area contributed by atoms with E-state index in [1.807, 2.05) is 52.4 Å². The number of likely N-dealkylation sites (tertiary alicyclic amines) is 1. The van der Waals surface area contributed by atoms with E-state index in [4.69, 9.17) is 9.47 Å². The summed E-state index contributed by atoms with van der Waals surface area (Å²) in [6.45, 7) is 18.0. The van der Waals surface area contributed by atoms with Gasteiger partial charge in [-0.3, -0.25) is 14.6 Å². The van der Waals surface area contributed by atoms with Crippen LogP contribution in [-0.4, -0.2) is 89.8 Å². The number of amides is 2. The molecule has 3 atom stereocenters. The SMILES string of the molecule is C=C(CCc1ccc2c(c1)[nH]c1ccncc12)NCCOCCOCCNC(C(=O)N1CCCC1C(=O)NC(C)c1ccc(-c2scnc2C)cc1)C(C)(C)C. The molecular formula is C44H57N7O4S. The van der Waals surface area contributed by atoms with Gasteiger partial charge in [-0.2, -0.15) is 0 Å². The maximum Gasteiger partial charge on any atom is 0.243 e. The van der Waals surface area contributed by atoms with Crippen LogP contribution in [0.2, 0.25) is 0 Å². The zero-order valence-electron chi connectivity index (χ0n) is 33.5. The molecule has 0 bridgehead atoms. The van der Waals surface area contributed by atoms with Crippen LogP contribution in [-0.2, 0) is 25.5 Å². The lowest BCUT2D eigenvalue weighted by Gasteiger charge is -2.36. The van der Waals surface area contributed by atoms with Gasteiger partial charge < -0.3 is 35.3 Å². The Labute approximate surface area is 334 Å². The van der Waals surface area contributed by atoms with Gasteiger partial charge in [0.15, 0.2) is 0 Å². The van der Waals surface area contributed by atoms with Crippen LogP contribution in [0.25, 0.3) is 32.2 Å². The van der Waals surface area contributed by atoms with Crippen molar-refractivity contribution in [2.45, 2.75) is 78.4 Å². The fraction of sp³-hybridized carbons (Fsp3) is 0.455. The van der Waals surface area contributed by atoms with Crippen molar-refractivity contribution in [3.05, 3.63) is 95.5 Å². The van der Waals surface area contributed by atoms with Gasteiger partial charge in [0.05, 0.1) is 54.6 Å². The Morgan fingerprint density at radius 1 is 1.02 bits per heavy atom. The molecule has 4 N–H and O–H groups in total. The van der Waals surface area contributed by atoms with E-state index in [1.165, 1.54) is 10.9 Å². The van der Waals surface area contributed by atoms with Gasteiger partial charge in [0.2, 0.25) is 11.8 Å². The molecule has 1 aliphatic rings. The van der Waals surface area contributed by atoms with E-state index in [1.54, 1.807) is 22.4 Å². The first-order chi connectivity index (χ1) is 27.0. The van der Waals surface area contributed by atoms with Gasteiger partial charge in [-0.05, 0) is 73.8 Å². The molecule has 0 radical (unpaired) electrons. The lowest BCUT2D eigenvalue weighted by Crippen LogP contribution is -2.57. The minimum absolute atomic E-state index is 0.0439. The number of thiazole rings is 1. The number of H-pyrrole nitrogens is 1. The first-order valence-corrected chi connectivity index (χ1v) is 20.6. The topological polar surface area (TPSA) is 134 Å². The summed E-state index contributed by atoms with van der Waals surface area (Å²) < 4.78 is 11.6. The van der Waals surface area contributed by atoms with Gasteiger partial charge in [-0.25, -0.2) is 4.98 Å². The molecule has 1 saturated heterocycles. The maximum absolute atomic E-state index is 13.9. The molecule has 12 heteroatoms. The third kappa shape index (κ3) is 10.4. The number of aromatic nitrogens is 3.